The largest absolute Gasteiger partial charge is 0.206 e. The van der Waals surface area contributed by atoms with Gasteiger partial charge in [0.05, 0.1) is 0 Å². The van der Waals surface area contributed by atoms with Crippen LogP contribution < -0.4 is 0 Å². The van der Waals surface area contributed by atoms with Gasteiger partial charge in [0.1, 0.15) is 5.82 Å². The van der Waals surface area contributed by atoms with Crippen molar-refractivity contribution in [2.24, 2.45) is 0 Å². The minimum absolute atomic E-state index is 0.175. The second-order valence-corrected chi connectivity index (χ2v) is 13.5. The summed E-state index contributed by atoms with van der Waals surface area (Å²) < 4.78 is 14.8. The quantitative estimate of drug-likeness (QED) is 0.241. The van der Waals surface area contributed by atoms with Crippen molar-refractivity contribution in [2.75, 3.05) is 0 Å². The third kappa shape index (κ3) is 5.02. The van der Waals surface area contributed by atoms with E-state index in [4.69, 9.17) is 11.6 Å². The summed E-state index contributed by atoms with van der Waals surface area (Å²) in [4.78, 5) is 0. The number of benzene rings is 3. The van der Waals surface area contributed by atoms with Gasteiger partial charge in [-0.1, -0.05) is 98.9 Å². The van der Waals surface area contributed by atoms with Crippen LogP contribution in [0.5, 0.6) is 0 Å². The fourth-order valence-electron chi connectivity index (χ4n) is 5.37. The van der Waals surface area contributed by atoms with Gasteiger partial charge >= 0.3 is 0 Å². The van der Waals surface area contributed by atoms with Gasteiger partial charge in [0.25, 0.3) is 0 Å². The fourth-order valence-corrected chi connectivity index (χ4v) is 7.87. The minimum atomic E-state index is -0.549. The first-order chi connectivity index (χ1) is 15.5. The van der Waals surface area contributed by atoms with Gasteiger partial charge in [-0.25, -0.2) is 4.39 Å². The van der Waals surface area contributed by atoms with E-state index in [2.05, 4.69) is 43.8 Å². The molecule has 32 heavy (non-hydrogen) atoms. The molecule has 0 aliphatic carbocycles. The number of rotatable bonds is 7. The van der Waals surface area contributed by atoms with E-state index >= 15 is 0 Å². The summed E-state index contributed by atoms with van der Waals surface area (Å²) in [7, 11) is -0.549. The molecule has 0 amide bonds. The highest BCUT2D eigenvalue weighted by atomic mass is 35.5. The predicted molar refractivity (Wildman–Crippen MR) is 140 cm³/mol. The molecular formula is C29H34ClFSi. The van der Waals surface area contributed by atoms with Crippen LogP contribution in [0.3, 0.4) is 0 Å². The fraction of sp³-hybridized carbons (Fsp3) is 0.379. The summed E-state index contributed by atoms with van der Waals surface area (Å²) >= 11 is 6.18. The average molecular weight is 465 g/mol. The predicted octanol–water partition coefficient (Wildman–Crippen LogP) is 9.28. The molecule has 3 aromatic rings. The molecule has 0 bridgehead atoms. The normalized spacial score (nSPS) is 20.9. The summed E-state index contributed by atoms with van der Waals surface area (Å²) in [6, 6.07) is 24.8. The lowest BCUT2D eigenvalue weighted by atomic mass is 9.70. The van der Waals surface area contributed by atoms with Crippen LogP contribution in [0.15, 0.2) is 66.7 Å². The molecule has 0 N–H and O–H groups in total. The third-order valence-electron chi connectivity index (χ3n) is 7.44. The molecule has 1 saturated heterocycles. The Balaban J connectivity index is 1.83. The molecule has 168 valence electrons. The number of unbranched alkanes of at least 4 members (excludes halogenated alkanes) is 2. The van der Waals surface area contributed by atoms with Crippen molar-refractivity contribution in [1.29, 1.82) is 0 Å². The number of hydrogen-bond acceptors (Lipinski definition) is 0. The maximum atomic E-state index is 14.8. The maximum Gasteiger partial charge on any atom is 0.131 e. The Kier molecular flexibility index (Phi) is 7.53. The van der Waals surface area contributed by atoms with Crippen LogP contribution in [-0.2, 0) is 5.41 Å². The van der Waals surface area contributed by atoms with Gasteiger partial charge in [0, 0.05) is 19.4 Å². The molecular weight excluding hydrogens is 431 g/mol. The van der Waals surface area contributed by atoms with E-state index in [0.29, 0.717) is 5.56 Å². The molecule has 1 fully saturated rings. The summed E-state index contributed by atoms with van der Waals surface area (Å²) in [5.41, 5.74) is 5.53. The standard InChI is InChI=1S/C29H34ClFSi/c1-3-4-7-16-29(17-19-32(2)20-18-29)23-12-15-25(26-8-5-6-9-28(26)31)27(21-23)22-10-13-24(30)14-11-22/h5-6,8-15,21,32H,3-4,7,16-20H2,1-2H3/t29-,32-. The lowest BCUT2D eigenvalue weighted by Gasteiger charge is -2.40. The van der Waals surface area contributed by atoms with Crippen LogP contribution in [0.4, 0.5) is 4.39 Å². The first kappa shape index (κ1) is 23.3. The molecule has 4 rings (SSSR count). The monoisotopic (exact) mass is 464 g/mol. The van der Waals surface area contributed by atoms with E-state index in [0.717, 1.165) is 21.7 Å². The first-order valence-electron chi connectivity index (χ1n) is 12.2. The van der Waals surface area contributed by atoms with Crippen molar-refractivity contribution < 1.29 is 4.39 Å². The summed E-state index contributed by atoms with van der Waals surface area (Å²) in [6.45, 7) is 4.81. The van der Waals surface area contributed by atoms with E-state index in [-0.39, 0.29) is 11.2 Å². The van der Waals surface area contributed by atoms with E-state index in [9.17, 15) is 4.39 Å². The molecule has 0 saturated carbocycles. The summed E-state index contributed by atoms with van der Waals surface area (Å²) in [5, 5.41) is 0.722. The van der Waals surface area contributed by atoms with E-state index in [1.54, 1.807) is 12.1 Å². The van der Waals surface area contributed by atoms with Crippen LogP contribution in [0.2, 0.25) is 23.7 Å². The summed E-state index contributed by atoms with van der Waals surface area (Å²) in [6.07, 6.45) is 7.72. The van der Waals surface area contributed by atoms with E-state index in [1.807, 2.05) is 24.3 Å². The van der Waals surface area contributed by atoms with Gasteiger partial charge in [-0.15, -0.1) is 0 Å². The molecule has 3 aromatic carbocycles. The Bertz CT molecular complexity index is 1040. The van der Waals surface area contributed by atoms with Crippen LogP contribution in [-0.4, -0.2) is 8.80 Å². The SMILES string of the molecule is CCCCC[C@]1(c2ccc(-c3ccccc3F)c(-c3ccc(Cl)cc3)c2)CC[Si@H](C)CC1. The molecule has 0 unspecified atom stereocenters. The van der Waals surface area contributed by atoms with Crippen LogP contribution in [0, 0.1) is 5.82 Å². The Morgan fingerprint density at radius 1 is 0.875 bits per heavy atom. The van der Waals surface area contributed by atoms with Gasteiger partial charge in [-0.05, 0) is 71.2 Å². The average Bonchev–Trinajstić information content (AvgIpc) is 2.81. The van der Waals surface area contributed by atoms with Gasteiger partial charge in [0.2, 0.25) is 0 Å². The van der Waals surface area contributed by atoms with Crippen LogP contribution >= 0.6 is 11.6 Å². The topological polar surface area (TPSA) is 0 Å². The Morgan fingerprint density at radius 3 is 2.28 bits per heavy atom. The molecule has 1 aliphatic rings. The molecule has 1 heterocycles. The number of halogens is 2. The zero-order valence-electron chi connectivity index (χ0n) is 19.3. The van der Waals surface area contributed by atoms with Gasteiger partial charge in [-0.3, -0.25) is 0 Å². The van der Waals surface area contributed by atoms with Crippen LogP contribution in [0.25, 0.3) is 22.3 Å². The lowest BCUT2D eigenvalue weighted by molar-refractivity contribution is 0.338. The van der Waals surface area contributed by atoms with Crippen molar-refractivity contribution in [3.63, 3.8) is 0 Å². The Morgan fingerprint density at radius 2 is 1.59 bits per heavy atom. The molecule has 3 heteroatoms. The Labute approximate surface area is 199 Å². The maximum absolute atomic E-state index is 14.8. The highest BCUT2D eigenvalue weighted by molar-refractivity contribution is 6.57. The van der Waals surface area contributed by atoms with Gasteiger partial charge in [-0.2, -0.15) is 0 Å². The molecule has 0 atom stereocenters. The van der Waals surface area contributed by atoms with E-state index in [1.165, 1.54) is 56.2 Å². The van der Waals surface area contributed by atoms with Gasteiger partial charge in [0.15, 0.2) is 0 Å². The zero-order chi connectivity index (χ0) is 22.6. The van der Waals surface area contributed by atoms with Crippen molar-refractivity contribution in [1.82, 2.24) is 0 Å². The molecule has 0 aromatic heterocycles. The zero-order valence-corrected chi connectivity index (χ0v) is 21.3. The minimum Gasteiger partial charge on any atom is -0.206 e. The second kappa shape index (κ2) is 10.4. The second-order valence-electron chi connectivity index (χ2n) is 9.67. The van der Waals surface area contributed by atoms with Crippen molar-refractivity contribution in [3.8, 4) is 22.3 Å². The molecule has 0 spiro atoms. The van der Waals surface area contributed by atoms with Crippen molar-refractivity contribution in [2.45, 2.75) is 69.5 Å². The van der Waals surface area contributed by atoms with Gasteiger partial charge < -0.3 is 0 Å². The van der Waals surface area contributed by atoms with Crippen LogP contribution in [0.1, 0.15) is 51.0 Å². The lowest BCUT2D eigenvalue weighted by Crippen LogP contribution is -2.33. The molecule has 0 radical (unpaired) electrons. The van der Waals surface area contributed by atoms with Crippen molar-refractivity contribution >= 4 is 20.4 Å². The first-order valence-corrected chi connectivity index (χ1v) is 15.3. The molecule has 0 nitrogen and oxygen atoms in total. The summed E-state index contributed by atoms with van der Waals surface area (Å²) in [5.74, 6) is -0.175. The Hall–Kier alpha value is -1.90. The number of hydrogen-bond donors (Lipinski definition) is 0. The molecule has 1 aliphatic heterocycles. The third-order valence-corrected chi connectivity index (χ3v) is 10.2. The highest BCUT2D eigenvalue weighted by Gasteiger charge is 2.36. The smallest absolute Gasteiger partial charge is 0.131 e. The highest BCUT2D eigenvalue weighted by Crippen LogP contribution is 2.46. The van der Waals surface area contributed by atoms with E-state index < -0.39 is 8.80 Å². The van der Waals surface area contributed by atoms with Crippen molar-refractivity contribution in [3.05, 3.63) is 83.1 Å².